The van der Waals surface area contributed by atoms with Crippen LogP contribution in [0.1, 0.15) is 40.5 Å². The molecule has 0 aromatic heterocycles. The van der Waals surface area contributed by atoms with Crippen molar-refractivity contribution in [3.8, 4) is 0 Å². The molecule has 1 rings (SSSR count). The van der Waals surface area contributed by atoms with Gasteiger partial charge in [-0.05, 0) is 40.0 Å². The van der Waals surface area contributed by atoms with Gasteiger partial charge in [0.1, 0.15) is 5.60 Å². The second kappa shape index (κ2) is 6.78. The van der Waals surface area contributed by atoms with E-state index in [-0.39, 0.29) is 30.8 Å². The molecule has 0 heterocycles. The van der Waals surface area contributed by atoms with Gasteiger partial charge < -0.3 is 19.9 Å². The first-order valence-electron chi connectivity index (χ1n) is 7.02. The standard InChI is InChI=1S/C14H23NO6/c1-5-20-12(18)9-6-8(9)10(7-11(16)17)15-13(19)21-14(2,3)4/h8-10H,5-7H2,1-4H3,(H,15,19)(H,16,17). The fourth-order valence-electron chi connectivity index (χ4n) is 2.14. The van der Waals surface area contributed by atoms with Crippen LogP contribution >= 0.6 is 0 Å². The van der Waals surface area contributed by atoms with E-state index in [1.807, 2.05) is 0 Å². The second-order valence-electron chi connectivity index (χ2n) is 6.11. The molecule has 0 bridgehead atoms. The summed E-state index contributed by atoms with van der Waals surface area (Å²) in [6.07, 6.45) is -0.407. The maximum Gasteiger partial charge on any atom is 0.407 e. The van der Waals surface area contributed by atoms with Crippen LogP contribution in [-0.2, 0) is 19.1 Å². The molecular formula is C14H23NO6. The molecule has 0 aromatic carbocycles. The first-order chi connectivity index (χ1) is 9.64. The maximum atomic E-state index is 11.7. The van der Waals surface area contributed by atoms with E-state index in [2.05, 4.69) is 5.32 Å². The first-order valence-corrected chi connectivity index (χ1v) is 7.02. The summed E-state index contributed by atoms with van der Waals surface area (Å²) in [5.41, 5.74) is -0.665. The third-order valence-electron chi connectivity index (χ3n) is 3.04. The molecule has 0 radical (unpaired) electrons. The van der Waals surface area contributed by atoms with E-state index in [4.69, 9.17) is 14.6 Å². The van der Waals surface area contributed by atoms with Gasteiger partial charge in [0.15, 0.2) is 0 Å². The van der Waals surface area contributed by atoms with Gasteiger partial charge in [-0.25, -0.2) is 4.79 Å². The van der Waals surface area contributed by atoms with Gasteiger partial charge in [-0.2, -0.15) is 0 Å². The van der Waals surface area contributed by atoms with Crippen LogP contribution in [0.3, 0.4) is 0 Å². The summed E-state index contributed by atoms with van der Waals surface area (Å²) in [5.74, 6) is -1.94. The molecule has 0 spiro atoms. The van der Waals surface area contributed by atoms with Crippen molar-refractivity contribution >= 4 is 18.0 Å². The summed E-state index contributed by atoms with van der Waals surface area (Å²) in [7, 11) is 0. The SMILES string of the molecule is CCOC(=O)C1CC1C(CC(=O)O)NC(=O)OC(C)(C)C. The van der Waals surface area contributed by atoms with Gasteiger partial charge in [0.2, 0.25) is 0 Å². The van der Waals surface area contributed by atoms with Crippen molar-refractivity contribution in [2.75, 3.05) is 6.61 Å². The fourth-order valence-corrected chi connectivity index (χ4v) is 2.14. The van der Waals surface area contributed by atoms with Crippen LogP contribution in [-0.4, -0.2) is 41.4 Å². The van der Waals surface area contributed by atoms with E-state index in [1.54, 1.807) is 27.7 Å². The molecule has 0 saturated heterocycles. The fraction of sp³-hybridized carbons (Fsp3) is 0.786. The number of carbonyl (C=O) groups excluding carboxylic acids is 2. The molecule has 0 aromatic rings. The average Bonchev–Trinajstić information content (AvgIpc) is 3.04. The lowest BCUT2D eigenvalue weighted by molar-refractivity contribution is -0.145. The Bertz CT molecular complexity index is 414. The lowest BCUT2D eigenvalue weighted by Gasteiger charge is -2.23. The van der Waals surface area contributed by atoms with Gasteiger partial charge in [0.05, 0.1) is 18.9 Å². The van der Waals surface area contributed by atoms with Crippen molar-refractivity contribution in [3.63, 3.8) is 0 Å². The van der Waals surface area contributed by atoms with Gasteiger partial charge in [-0.1, -0.05) is 0 Å². The van der Waals surface area contributed by atoms with E-state index in [1.165, 1.54) is 0 Å². The maximum absolute atomic E-state index is 11.7. The van der Waals surface area contributed by atoms with Gasteiger partial charge in [-0.15, -0.1) is 0 Å². The van der Waals surface area contributed by atoms with Crippen molar-refractivity contribution in [2.45, 2.75) is 52.2 Å². The predicted octanol–water partition coefficient (Wildman–Crippen LogP) is 1.55. The smallest absolute Gasteiger partial charge is 0.407 e. The minimum absolute atomic E-state index is 0.215. The number of amides is 1. The zero-order valence-electron chi connectivity index (χ0n) is 12.8. The van der Waals surface area contributed by atoms with Crippen LogP contribution in [0.4, 0.5) is 4.79 Å². The molecule has 7 heteroatoms. The lowest BCUT2D eigenvalue weighted by atomic mass is 10.1. The normalized spacial score (nSPS) is 22.1. The Morgan fingerprint density at radius 2 is 1.95 bits per heavy atom. The van der Waals surface area contributed by atoms with E-state index in [9.17, 15) is 14.4 Å². The van der Waals surface area contributed by atoms with Crippen LogP contribution < -0.4 is 5.32 Å². The van der Waals surface area contributed by atoms with Gasteiger partial charge in [0.25, 0.3) is 0 Å². The minimum Gasteiger partial charge on any atom is -0.481 e. The zero-order chi connectivity index (χ0) is 16.2. The first kappa shape index (κ1) is 17.3. The molecule has 3 atom stereocenters. The summed E-state index contributed by atoms with van der Waals surface area (Å²) in [6.45, 7) is 7.15. The molecule has 1 amide bonds. The molecule has 2 N–H and O–H groups in total. The number of esters is 1. The number of hydrogen-bond acceptors (Lipinski definition) is 5. The van der Waals surface area contributed by atoms with E-state index in [0.29, 0.717) is 6.42 Å². The molecule has 120 valence electrons. The third kappa shape index (κ3) is 6.01. The molecule has 21 heavy (non-hydrogen) atoms. The van der Waals surface area contributed by atoms with Gasteiger partial charge in [0, 0.05) is 6.04 Å². The molecule has 1 aliphatic carbocycles. The third-order valence-corrected chi connectivity index (χ3v) is 3.04. The lowest BCUT2D eigenvalue weighted by Crippen LogP contribution is -2.42. The van der Waals surface area contributed by atoms with E-state index >= 15 is 0 Å². The minimum atomic E-state index is -1.04. The van der Waals surface area contributed by atoms with Crippen molar-refractivity contribution < 1.29 is 29.0 Å². The zero-order valence-corrected chi connectivity index (χ0v) is 12.8. The summed E-state index contributed by atoms with van der Waals surface area (Å²) < 4.78 is 10.0. The molecule has 7 nitrogen and oxygen atoms in total. The summed E-state index contributed by atoms with van der Waals surface area (Å²) in [4.78, 5) is 34.3. The molecule has 1 saturated carbocycles. The summed E-state index contributed by atoms with van der Waals surface area (Å²) >= 11 is 0. The highest BCUT2D eigenvalue weighted by atomic mass is 16.6. The van der Waals surface area contributed by atoms with E-state index < -0.39 is 23.7 Å². The Hall–Kier alpha value is -1.79. The molecule has 0 aliphatic heterocycles. The van der Waals surface area contributed by atoms with Crippen LogP contribution in [0.2, 0.25) is 0 Å². The van der Waals surface area contributed by atoms with Crippen LogP contribution in [0, 0.1) is 11.8 Å². The highest BCUT2D eigenvalue weighted by Crippen LogP contribution is 2.43. The number of carbonyl (C=O) groups is 3. The molecule has 3 unspecified atom stereocenters. The van der Waals surface area contributed by atoms with Crippen LogP contribution in [0.15, 0.2) is 0 Å². The highest BCUT2D eigenvalue weighted by Gasteiger charge is 2.50. The summed E-state index contributed by atoms with van der Waals surface area (Å²) in [5, 5.41) is 11.5. The predicted molar refractivity (Wildman–Crippen MR) is 73.6 cm³/mol. The molecule has 1 fully saturated rings. The van der Waals surface area contributed by atoms with Crippen LogP contribution in [0.25, 0.3) is 0 Å². The second-order valence-corrected chi connectivity index (χ2v) is 6.11. The monoisotopic (exact) mass is 301 g/mol. The number of carboxylic acid groups (broad SMARTS) is 1. The number of rotatable bonds is 6. The van der Waals surface area contributed by atoms with Crippen molar-refractivity contribution in [1.29, 1.82) is 0 Å². The van der Waals surface area contributed by atoms with Gasteiger partial charge >= 0.3 is 18.0 Å². The van der Waals surface area contributed by atoms with Crippen molar-refractivity contribution in [1.82, 2.24) is 5.32 Å². The largest absolute Gasteiger partial charge is 0.481 e. The Labute approximate surface area is 124 Å². The Balaban J connectivity index is 2.60. The topological polar surface area (TPSA) is 102 Å². The van der Waals surface area contributed by atoms with Crippen LogP contribution in [0.5, 0.6) is 0 Å². The molecule has 1 aliphatic rings. The highest BCUT2D eigenvalue weighted by molar-refractivity contribution is 5.77. The molecular weight excluding hydrogens is 278 g/mol. The Morgan fingerprint density at radius 3 is 2.43 bits per heavy atom. The van der Waals surface area contributed by atoms with Crippen molar-refractivity contribution in [3.05, 3.63) is 0 Å². The Morgan fingerprint density at radius 1 is 1.33 bits per heavy atom. The number of ether oxygens (including phenoxy) is 2. The number of hydrogen-bond donors (Lipinski definition) is 2. The van der Waals surface area contributed by atoms with E-state index in [0.717, 1.165) is 0 Å². The number of alkyl carbamates (subject to hydrolysis) is 1. The van der Waals surface area contributed by atoms with Gasteiger partial charge in [-0.3, -0.25) is 9.59 Å². The Kier molecular flexibility index (Phi) is 5.57. The summed E-state index contributed by atoms with van der Waals surface area (Å²) in [6, 6.07) is -0.633. The number of carboxylic acids is 1. The van der Waals surface area contributed by atoms with Crippen molar-refractivity contribution in [2.24, 2.45) is 11.8 Å². The average molecular weight is 301 g/mol. The number of nitrogens with one attached hydrogen (secondary N) is 1. The number of aliphatic carboxylic acids is 1. The quantitative estimate of drug-likeness (QED) is 0.722.